The van der Waals surface area contributed by atoms with E-state index in [9.17, 15) is 4.79 Å². The average Bonchev–Trinajstić information content (AvgIpc) is 2.49. The van der Waals surface area contributed by atoms with Gasteiger partial charge in [0.2, 0.25) is 5.91 Å². The Labute approximate surface area is 139 Å². The van der Waals surface area contributed by atoms with E-state index in [1.165, 1.54) is 0 Å². The number of β-amino-alcohol motifs (C(OH)–C–C–N with tert-alkyl or cyclic N) is 1. The van der Waals surface area contributed by atoms with Gasteiger partial charge >= 0.3 is 0 Å². The van der Waals surface area contributed by atoms with Crippen molar-refractivity contribution in [1.82, 2.24) is 9.80 Å². The van der Waals surface area contributed by atoms with Crippen LogP contribution in [0.15, 0.2) is 30.3 Å². The Hall–Kier alpha value is -1.10. The Morgan fingerprint density at radius 1 is 1.14 bits per heavy atom. The zero-order valence-corrected chi connectivity index (χ0v) is 14.3. The van der Waals surface area contributed by atoms with Crippen LogP contribution in [0.4, 0.5) is 0 Å². The molecule has 0 saturated carbocycles. The predicted molar refractivity (Wildman–Crippen MR) is 91.4 cm³/mol. The molecule has 5 heteroatoms. The highest BCUT2D eigenvalue weighted by Crippen LogP contribution is 2.27. The Kier molecular flexibility index (Phi) is 7.87. The molecule has 1 aromatic rings. The summed E-state index contributed by atoms with van der Waals surface area (Å²) >= 11 is 0. The number of piperazine rings is 1. The number of carbonyl (C=O) groups is 1. The van der Waals surface area contributed by atoms with Crippen LogP contribution in [0.3, 0.4) is 0 Å². The molecule has 1 aromatic carbocycles. The highest BCUT2D eigenvalue weighted by Gasteiger charge is 2.30. The number of halogens is 1. The third kappa shape index (κ3) is 4.70. The number of amides is 1. The number of nitrogens with zero attached hydrogens (tertiary/aromatic N) is 2. The summed E-state index contributed by atoms with van der Waals surface area (Å²) in [7, 11) is 0. The fourth-order valence-electron chi connectivity index (χ4n) is 3.00. The molecule has 1 atom stereocenters. The van der Waals surface area contributed by atoms with Crippen LogP contribution in [-0.2, 0) is 4.79 Å². The number of hydrogen-bond acceptors (Lipinski definition) is 3. The fraction of sp³-hybridized carbons (Fsp3) is 0.588. The van der Waals surface area contributed by atoms with E-state index in [0.717, 1.165) is 31.7 Å². The average molecular weight is 327 g/mol. The first-order valence-corrected chi connectivity index (χ1v) is 7.80. The largest absolute Gasteiger partial charge is 0.395 e. The molecule has 0 aliphatic carbocycles. The topological polar surface area (TPSA) is 43.8 Å². The van der Waals surface area contributed by atoms with Gasteiger partial charge in [-0.05, 0) is 11.5 Å². The number of rotatable bonds is 5. The maximum absolute atomic E-state index is 12.9. The van der Waals surface area contributed by atoms with E-state index in [1.807, 2.05) is 35.2 Å². The van der Waals surface area contributed by atoms with E-state index >= 15 is 0 Å². The molecule has 124 valence electrons. The monoisotopic (exact) mass is 326 g/mol. The van der Waals surface area contributed by atoms with Crippen LogP contribution >= 0.6 is 12.4 Å². The highest BCUT2D eigenvalue weighted by molar-refractivity contribution is 5.85. The minimum atomic E-state index is -0.0596. The Morgan fingerprint density at radius 3 is 2.23 bits per heavy atom. The second-order valence-corrected chi connectivity index (χ2v) is 6.02. The summed E-state index contributed by atoms with van der Waals surface area (Å²) in [6.45, 7) is 8.33. The van der Waals surface area contributed by atoms with E-state index in [1.54, 1.807) is 0 Å². The smallest absolute Gasteiger partial charge is 0.230 e. The summed E-state index contributed by atoms with van der Waals surface area (Å²) in [4.78, 5) is 17.0. The molecule has 0 spiro atoms. The number of carbonyl (C=O) groups excluding carboxylic acids is 1. The summed E-state index contributed by atoms with van der Waals surface area (Å²) in [5.74, 6) is 0.464. The van der Waals surface area contributed by atoms with Gasteiger partial charge in [-0.3, -0.25) is 9.69 Å². The van der Waals surface area contributed by atoms with Crippen molar-refractivity contribution in [3.05, 3.63) is 35.9 Å². The van der Waals surface area contributed by atoms with Crippen LogP contribution < -0.4 is 0 Å². The maximum Gasteiger partial charge on any atom is 0.230 e. The summed E-state index contributed by atoms with van der Waals surface area (Å²) in [6.07, 6.45) is 0. The summed E-state index contributed by atoms with van der Waals surface area (Å²) in [5.41, 5.74) is 1.11. The molecule has 0 bridgehead atoms. The summed E-state index contributed by atoms with van der Waals surface area (Å²) in [5, 5.41) is 8.98. The van der Waals surface area contributed by atoms with Crippen molar-refractivity contribution in [2.24, 2.45) is 5.92 Å². The van der Waals surface area contributed by atoms with Gasteiger partial charge < -0.3 is 10.0 Å². The zero-order chi connectivity index (χ0) is 15.2. The van der Waals surface area contributed by atoms with Gasteiger partial charge in [0.05, 0.1) is 12.5 Å². The minimum absolute atomic E-state index is 0. The number of aliphatic hydroxyl groups excluding tert-OH is 1. The minimum Gasteiger partial charge on any atom is -0.395 e. The van der Waals surface area contributed by atoms with Crippen molar-refractivity contribution in [3.8, 4) is 0 Å². The van der Waals surface area contributed by atoms with Gasteiger partial charge in [0.25, 0.3) is 0 Å². The van der Waals surface area contributed by atoms with E-state index in [2.05, 4.69) is 18.7 Å². The molecule has 0 aromatic heterocycles. The molecule has 2 rings (SSSR count). The molecule has 1 N–H and O–H groups in total. The number of hydrogen-bond donors (Lipinski definition) is 1. The van der Waals surface area contributed by atoms with Gasteiger partial charge in [-0.15, -0.1) is 12.4 Å². The van der Waals surface area contributed by atoms with Crippen molar-refractivity contribution in [2.75, 3.05) is 39.3 Å². The Bertz CT molecular complexity index is 445. The Morgan fingerprint density at radius 2 is 1.73 bits per heavy atom. The lowest BCUT2D eigenvalue weighted by Crippen LogP contribution is -2.51. The molecule has 0 radical (unpaired) electrons. The van der Waals surface area contributed by atoms with E-state index in [4.69, 9.17) is 5.11 Å². The van der Waals surface area contributed by atoms with Gasteiger partial charge in [-0.1, -0.05) is 44.2 Å². The second-order valence-electron chi connectivity index (χ2n) is 6.02. The zero-order valence-electron chi connectivity index (χ0n) is 13.4. The lowest BCUT2D eigenvalue weighted by atomic mass is 9.87. The van der Waals surface area contributed by atoms with E-state index < -0.39 is 0 Å². The quantitative estimate of drug-likeness (QED) is 0.900. The molecule has 22 heavy (non-hydrogen) atoms. The van der Waals surface area contributed by atoms with Crippen LogP contribution in [-0.4, -0.2) is 60.1 Å². The van der Waals surface area contributed by atoms with Crippen LogP contribution in [0.5, 0.6) is 0 Å². The Balaban J connectivity index is 0.00000242. The molecule has 1 aliphatic heterocycles. The molecule has 1 aliphatic rings. The van der Waals surface area contributed by atoms with E-state index in [-0.39, 0.29) is 36.8 Å². The van der Waals surface area contributed by atoms with Crippen LogP contribution in [0.1, 0.15) is 25.3 Å². The number of benzene rings is 1. The lowest BCUT2D eigenvalue weighted by molar-refractivity contribution is -0.135. The first-order valence-electron chi connectivity index (χ1n) is 7.80. The van der Waals surface area contributed by atoms with Gasteiger partial charge in [0.1, 0.15) is 0 Å². The molecule has 1 heterocycles. The first kappa shape index (κ1) is 18.9. The third-order valence-electron chi connectivity index (χ3n) is 4.19. The third-order valence-corrected chi connectivity index (χ3v) is 4.19. The van der Waals surface area contributed by atoms with Crippen LogP contribution in [0.2, 0.25) is 0 Å². The standard InChI is InChI=1S/C17H26N2O2.ClH/c1-14(2)16(15-6-4-3-5-7-15)17(21)19-10-8-18(9-11-19)12-13-20;/h3-7,14,16,20H,8-13H2,1-2H3;1H. The van der Waals surface area contributed by atoms with Crippen molar-refractivity contribution >= 4 is 18.3 Å². The molecular weight excluding hydrogens is 300 g/mol. The highest BCUT2D eigenvalue weighted by atomic mass is 35.5. The molecule has 1 saturated heterocycles. The maximum atomic E-state index is 12.9. The van der Waals surface area contributed by atoms with Gasteiger partial charge in [0.15, 0.2) is 0 Å². The van der Waals surface area contributed by atoms with Crippen molar-refractivity contribution in [3.63, 3.8) is 0 Å². The SMILES string of the molecule is CC(C)C(C(=O)N1CCN(CCO)CC1)c1ccccc1.Cl. The molecule has 1 unspecified atom stereocenters. The number of aliphatic hydroxyl groups is 1. The van der Waals surface area contributed by atoms with Gasteiger partial charge in [-0.2, -0.15) is 0 Å². The lowest BCUT2D eigenvalue weighted by Gasteiger charge is -2.37. The van der Waals surface area contributed by atoms with Gasteiger partial charge in [0, 0.05) is 32.7 Å². The summed E-state index contributed by atoms with van der Waals surface area (Å²) < 4.78 is 0. The normalized spacial score (nSPS) is 17.2. The molecular formula is C17H27ClN2O2. The first-order chi connectivity index (χ1) is 10.1. The van der Waals surface area contributed by atoms with Crippen molar-refractivity contribution < 1.29 is 9.90 Å². The van der Waals surface area contributed by atoms with Crippen molar-refractivity contribution in [1.29, 1.82) is 0 Å². The molecule has 1 fully saturated rings. The van der Waals surface area contributed by atoms with Gasteiger partial charge in [-0.25, -0.2) is 0 Å². The van der Waals surface area contributed by atoms with Crippen LogP contribution in [0, 0.1) is 5.92 Å². The summed E-state index contributed by atoms with van der Waals surface area (Å²) in [6, 6.07) is 10.1. The molecule has 1 amide bonds. The second kappa shape index (κ2) is 9.13. The van der Waals surface area contributed by atoms with E-state index in [0.29, 0.717) is 6.54 Å². The van der Waals surface area contributed by atoms with Crippen LogP contribution in [0.25, 0.3) is 0 Å². The molecule has 4 nitrogen and oxygen atoms in total. The van der Waals surface area contributed by atoms with Crippen molar-refractivity contribution in [2.45, 2.75) is 19.8 Å². The predicted octanol–water partition coefficient (Wildman–Crippen LogP) is 1.98. The fourth-order valence-corrected chi connectivity index (χ4v) is 3.00.